The largest absolute Gasteiger partial charge is 0.343 e. The van der Waals surface area contributed by atoms with Crippen LogP contribution in [0.2, 0.25) is 0 Å². The number of rotatable bonds is 6. The molecule has 0 atom stereocenters. The SMILES string of the molecule is C=CCn1cc(C(=O)N2CCN(S(=O)(=O)c3ccccc3[N+](=O)[O-])CC2)c2ccccc21. The van der Waals surface area contributed by atoms with Crippen LogP contribution in [0.15, 0.2) is 72.3 Å². The number of carbonyl (C=O) groups is 1. The summed E-state index contributed by atoms with van der Waals surface area (Å²) >= 11 is 0. The minimum Gasteiger partial charge on any atom is -0.343 e. The molecule has 1 aliphatic rings. The summed E-state index contributed by atoms with van der Waals surface area (Å²) < 4.78 is 29.2. The molecule has 4 rings (SSSR count). The van der Waals surface area contributed by atoms with E-state index in [-0.39, 0.29) is 37.0 Å². The predicted octanol–water partition coefficient (Wildman–Crippen LogP) is 2.88. The number of amides is 1. The molecule has 0 aliphatic carbocycles. The molecule has 2 aromatic carbocycles. The third kappa shape index (κ3) is 3.78. The van der Waals surface area contributed by atoms with Gasteiger partial charge in [-0.15, -0.1) is 6.58 Å². The van der Waals surface area contributed by atoms with E-state index in [1.54, 1.807) is 17.2 Å². The van der Waals surface area contributed by atoms with Crippen molar-refractivity contribution in [1.29, 1.82) is 0 Å². The van der Waals surface area contributed by atoms with Crippen molar-refractivity contribution in [3.8, 4) is 0 Å². The van der Waals surface area contributed by atoms with Gasteiger partial charge in [0.2, 0.25) is 10.0 Å². The number of hydrogen-bond acceptors (Lipinski definition) is 5. The molecular weight excluding hydrogens is 432 g/mol. The fourth-order valence-corrected chi connectivity index (χ4v) is 5.55. The number of carbonyl (C=O) groups excluding carboxylic acids is 1. The Morgan fingerprint density at radius 2 is 1.72 bits per heavy atom. The average Bonchev–Trinajstić information content (AvgIpc) is 3.17. The number of hydrogen-bond donors (Lipinski definition) is 0. The molecule has 9 nitrogen and oxygen atoms in total. The maximum absolute atomic E-state index is 13.2. The zero-order chi connectivity index (χ0) is 22.9. The first-order valence-electron chi connectivity index (χ1n) is 10.1. The lowest BCUT2D eigenvalue weighted by Crippen LogP contribution is -2.50. The van der Waals surface area contributed by atoms with Crippen LogP contribution in [0.3, 0.4) is 0 Å². The second-order valence-electron chi connectivity index (χ2n) is 7.42. The summed E-state index contributed by atoms with van der Waals surface area (Å²) in [6.45, 7) is 4.83. The molecule has 0 spiro atoms. The zero-order valence-electron chi connectivity index (χ0n) is 17.3. The Morgan fingerprint density at radius 3 is 2.41 bits per heavy atom. The molecule has 10 heteroatoms. The number of nitro groups is 1. The van der Waals surface area contributed by atoms with Gasteiger partial charge >= 0.3 is 0 Å². The van der Waals surface area contributed by atoms with E-state index >= 15 is 0 Å². The Labute approximate surface area is 185 Å². The highest BCUT2D eigenvalue weighted by Gasteiger charge is 2.35. The Hall–Kier alpha value is -3.50. The van der Waals surface area contributed by atoms with Gasteiger partial charge in [-0.05, 0) is 12.1 Å². The van der Waals surface area contributed by atoms with Gasteiger partial charge in [0.15, 0.2) is 4.90 Å². The third-order valence-electron chi connectivity index (χ3n) is 5.55. The highest BCUT2D eigenvalue weighted by Crippen LogP contribution is 2.28. The molecule has 1 amide bonds. The number of para-hydroxylation sites is 2. The van der Waals surface area contributed by atoms with E-state index in [4.69, 9.17) is 0 Å². The highest BCUT2D eigenvalue weighted by atomic mass is 32.2. The second kappa shape index (κ2) is 8.56. The van der Waals surface area contributed by atoms with Crippen molar-refractivity contribution >= 4 is 32.5 Å². The van der Waals surface area contributed by atoms with E-state index in [9.17, 15) is 23.3 Å². The standard InChI is InChI=1S/C22H22N4O5S/c1-2-11-24-16-18(17-7-3-4-8-19(17)24)22(27)23-12-14-25(15-13-23)32(30,31)21-10-6-5-9-20(21)26(28)29/h2-10,16H,1,11-15H2. The Bertz CT molecular complexity index is 1310. The molecule has 0 saturated carbocycles. The second-order valence-corrected chi connectivity index (χ2v) is 9.33. The summed E-state index contributed by atoms with van der Waals surface area (Å²) in [6, 6.07) is 12.9. The van der Waals surface area contributed by atoms with E-state index in [1.807, 2.05) is 28.8 Å². The minimum absolute atomic E-state index is 0.0609. The molecule has 2 heterocycles. The number of fused-ring (bicyclic) bond motifs is 1. The summed E-state index contributed by atoms with van der Waals surface area (Å²) in [4.78, 5) is 25.1. The molecule has 0 radical (unpaired) electrons. The Balaban J connectivity index is 1.55. The lowest BCUT2D eigenvalue weighted by atomic mass is 10.1. The molecule has 0 unspecified atom stereocenters. The maximum Gasteiger partial charge on any atom is 0.289 e. The average molecular weight is 455 g/mol. The molecular formula is C22H22N4O5S. The normalized spacial score (nSPS) is 15.1. The van der Waals surface area contributed by atoms with Crippen LogP contribution in [0.25, 0.3) is 10.9 Å². The number of piperazine rings is 1. The van der Waals surface area contributed by atoms with Crippen LogP contribution in [0.4, 0.5) is 5.69 Å². The summed E-state index contributed by atoms with van der Waals surface area (Å²) in [5, 5.41) is 12.1. The molecule has 1 saturated heterocycles. The Morgan fingerprint density at radius 1 is 1.06 bits per heavy atom. The first kappa shape index (κ1) is 21.7. The van der Waals surface area contributed by atoms with Crippen molar-refractivity contribution in [2.24, 2.45) is 0 Å². The van der Waals surface area contributed by atoms with Gasteiger partial charge < -0.3 is 9.47 Å². The van der Waals surface area contributed by atoms with Crippen molar-refractivity contribution in [3.05, 3.63) is 83.1 Å². The van der Waals surface area contributed by atoms with Crippen molar-refractivity contribution in [3.63, 3.8) is 0 Å². The fourth-order valence-electron chi connectivity index (χ4n) is 3.97. The number of sulfonamides is 1. The molecule has 1 aliphatic heterocycles. The van der Waals surface area contributed by atoms with E-state index in [2.05, 4.69) is 6.58 Å². The molecule has 1 aromatic heterocycles. The lowest BCUT2D eigenvalue weighted by Gasteiger charge is -2.33. The van der Waals surface area contributed by atoms with Crippen LogP contribution in [0, 0.1) is 10.1 Å². The third-order valence-corrected chi connectivity index (χ3v) is 7.50. The van der Waals surface area contributed by atoms with Gasteiger partial charge in [0.25, 0.3) is 11.6 Å². The van der Waals surface area contributed by atoms with Gasteiger partial charge in [-0.2, -0.15) is 4.31 Å². The van der Waals surface area contributed by atoms with E-state index in [1.165, 1.54) is 28.6 Å². The van der Waals surface area contributed by atoms with Crippen molar-refractivity contribution < 1.29 is 18.1 Å². The maximum atomic E-state index is 13.2. The Kier molecular flexibility index (Phi) is 5.81. The quantitative estimate of drug-likeness (QED) is 0.323. The van der Waals surface area contributed by atoms with Gasteiger partial charge in [-0.25, -0.2) is 8.42 Å². The topological polar surface area (TPSA) is 106 Å². The summed E-state index contributed by atoms with van der Waals surface area (Å²) in [6.07, 6.45) is 3.55. The van der Waals surface area contributed by atoms with Gasteiger partial charge in [-0.3, -0.25) is 14.9 Å². The van der Waals surface area contributed by atoms with Crippen LogP contribution in [-0.4, -0.2) is 59.2 Å². The van der Waals surface area contributed by atoms with Crippen LogP contribution in [0.1, 0.15) is 10.4 Å². The van der Waals surface area contributed by atoms with E-state index in [0.29, 0.717) is 12.1 Å². The van der Waals surface area contributed by atoms with Crippen LogP contribution in [0.5, 0.6) is 0 Å². The molecule has 32 heavy (non-hydrogen) atoms. The summed E-state index contributed by atoms with van der Waals surface area (Å²) in [5.41, 5.74) is 1.02. The lowest BCUT2D eigenvalue weighted by molar-refractivity contribution is -0.387. The van der Waals surface area contributed by atoms with Gasteiger partial charge in [-0.1, -0.05) is 36.4 Å². The van der Waals surface area contributed by atoms with Crippen molar-refractivity contribution in [2.75, 3.05) is 26.2 Å². The molecule has 166 valence electrons. The fraction of sp³-hybridized carbons (Fsp3) is 0.227. The molecule has 0 N–H and O–H groups in total. The zero-order valence-corrected chi connectivity index (χ0v) is 18.1. The summed E-state index contributed by atoms with van der Waals surface area (Å²) in [7, 11) is -4.05. The first-order valence-corrected chi connectivity index (χ1v) is 11.5. The van der Waals surface area contributed by atoms with E-state index in [0.717, 1.165) is 10.9 Å². The number of aromatic nitrogens is 1. The summed E-state index contributed by atoms with van der Waals surface area (Å²) in [5.74, 6) is -0.174. The highest BCUT2D eigenvalue weighted by molar-refractivity contribution is 7.89. The van der Waals surface area contributed by atoms with E-state index < -0.39 is 20.6 Å². The number of nitrogens with zero attached hydrogens (tertiary/aromatic N) is 4. The monoisotopic (exact) mass is 454 g/mol. The number of nitro benzene ring substituents is 1. The number of allylic oxidation sites excluding steroid dienone is 1. The molecule has 0 bridgehead atoms. The van der Waals surface area contributed by atoms with Crippen molar-refractivity contribution in [2.45, 2.75) is 11.4 Å². The minimum atomic E-state index is -4.05. The van der Waals surface area contributed by atoms with Crippen LogP contribution >= 0.6 is 0 Å². The number of benzene rings is 2. The van der Waals surface area contributed by atoms with Crippen LogP contribution < -0.4 is 0 Å². The molecule has 1 fully saturated rings. The smallest absolute Gasteiger partial charge is 0.289 e. The van der Waals surface area contributed by atoms with Crippen molar-refractivity contribution in [1.82, 2.24) is 13.8 Å². The van der Waals surface area contributed by atoms with Gasteiger partial charge in [0.1, 0.15) is 0 Å². The van der Waals surface area contributed by atoms with Gasteiger partial charge in [0.05, 0.1) is 10.5 Å². The van der Waals surface area contributed by atoms with Crippen LogP contribution in [-0.2, 0) is 16.6 Å². The van der Waals surface area contributed by atoms with Gasteiger partial charge in [0, 0.05) is 55.9 Å². The predicted molar refractivity (Wildman–Crippen MR) is 120 cm³/mol. The first-order chi connectivity index (χ1) is 15.3. The molecule has 3 aromatic rings.